The molecule has 1 aromatic carbocycles. The van der Waals surface area contributed by atoms with Gasteiger partial charge in [0.15, 0.2) is 6.04 Å². The van der Waals surface area contributed by atoms with Crippen molar-refractivity contribution in [2.45, 2.75) is 33.7 Å². The van der Waals surface area contributed by atoms with Gasteiger partial charge in [0.25, 0.3) is 5.91 Å². The van der Waals surface area contributed by atoms with E-state index in [1.165, 1.54) is 4.90 Å². The molecule has 0 heterocycles. The summed E-state index contributed by atoms with van der Waals surface area (Å²) in [6, 6.07) is 0.508. The van der Waals surface area contributed by atoms with Gasteiger partial charge in [0.1, 0.15) is 0 Å². The highest BCUT2D eigenvalue weighted by Gasteiger charge is 2.27. The lowest BCUT2D eigenvalue weighted by Crippen LogP contribution is -2.47. The van der Waals surface area contributed by atoms with Gasteiger partial charge in [0.05, 0.1) is 0 Å². The largest absolute Gasteiger partial charge is 0.480 e. The fraction of sp³-hybridized carbons (Fsp3) is 0.429. The zero-order valence-electron chi connectivity index (χ0n) is 11.9. The summed E-state index contributed by atoms with van der Waals surface area (Å²) in [5.41, 5.74) is 10.1. The summed E-state index contributed by atoms with van der Waals surface area (Å²) in [5, 5.41) is 8.82. The Hall–Kier alpha value is -1.88. The van der Waals surface area contributed by atoms with E-state index in [9.17, 15) is 9.59 Å². The molecule has 0 aliphatic carbocycles. The quantitative estimate of drug-likeness (QED) is 0.806. The number of aryl methyl sites for hydroxylation is 2. The highest BCUT2D eigenvalue weighted by molar-refractivity contribution is 6.09. The van der Waals surface area contributed by atoms with Crippen LogP contribution in [0.3, 0.4) is 0 Å². The van der Waals surface area contributed by atoms with Crippen LogP contribution in [0.25, 0.3) is 0 Å². The molecule has 3 N–H and O–H groups in total. The van der Waals surface area contributed by atoms with E-state index in [1.54, 1.807) is 7.05 Å². The van der Waals surface area contributed by atoms with E-state index >= 15 is 0 Å². The van der Waals surface area contributed by atoms with Crippen LogP contribution in [0.15, 0.2) is 6.07 Å². The van der Waals surface area contributed by atoms with Crippen LogP contribution in [-0.4, -0.2) is 30.1 Å². The molecule has 1 atom stereocenters. The molecule has 0 radical (unpaired) electrons. The summed E-state index contributed by atoms with van der Waals surface area (Å²) in [5.74, 6) is -1.94. The van der Waals surface area contributed by atoms with Crippen molar-refractivity contribution in [3.8, 4) is 0 Å². The molecule has 1 rings (SSSR count). The van der Waals surface area contributed by atoms with Gasteiger partial charge in [0, 0.05) is 12.7 Å². The zero-order valence-corrected chi connectivity index (χ0v) is 11.9. The van der Waals surface area contributed by atoms with Gasteiger partial charge in [0.2, 0.25) is 0 Å². The van der Waals surface area contributed by atoms with E-state index in [0.29, 0.717) is 0 Å². The lowest BCUT2D eigenvalue weighted by Gasteiger charge is -2.25. The molecule has 0 fully saturated rings. The van der Waals surface area contributed by atoms with E-state index in [0.717, 1.165) is 27.9 Å². The van der Waals surface area contributed by atoms with Crippen molar-refractivity contribution in [3.05, 3.63) is 28.3 Å². The second-order valence-corrected chi connectivity index (χ2v) is 4.82. The number of nitrogens with two attached hydrogens (primary N) is 1. The molecule has 5 nitrogen and oxygen atoms in total. The van der Waals surface area contributed by atoms with Crippen molar-refractivity contribution >= 4 is 17.6 Å². The first-order valence-electron chi connectivity index (χ1n) is 6.01. The molecule has 0 aliphatic heterocycles. The van der Waals surface area contributed by atoms with Gasteiger partial charge in [-0.1, -0.05) is 6.07 Å². The number of carbonyl (C=O) groups excluding carboxylic acids is 1. The van der Waals surface area contributed by atoms with Crippen LogP contribution in [-0.2, 0) is 9.59 Å². The predicted octanol–water partition coefficient (Wildman–Crippen LogP) is 1.29. The third kappa shape index (κ3) is 2.76. The first kappa shape index (κ1) is 15.2. The predicted molar refractivity (Wildman–Crippen MR) is 74.4 cm³/mol. The number of likely N-dealkylation sites (N-methyl/N-ethyl adjacent to an activating group) is 1. The van der Waals surface area contributed by atoms with E-state index in [-0.39, 0.29) is 0 Å². The van der Waals surface area contributed by atoms with Gasteiger partial charge in [-0.25, -0.2) is 4.79 Å². The molecule has 104 valence electrons. The van der Waals surface area contributed by atoms with E-state index in [1.807, 2.05) is 33.8 Å². The minimum atomic E-state index is -1.54. The van der Waals surface area contributed by atoms with Crippen LogP contribution in [0.4, 0.5) is 5.69 Å². The van der Waals surface area contributed by atoms with Gasteiger partial charge in [-0.3, -0.25) is 4.79 Å². The number of hydrogen-bond donors (Lipinski definition) is 2. The highest BCUT2D eigenvalue weighted by Crippen LogP contribution is 2.29. The lowest BCUT2D eigenvalue weighted by molar-refractivity contribution is -0.142. The van der Waals surface area contributed by atoms with Crippen LogP contribution in [0.5, 0.6) is 0 Å². The number of carboxylic acid groups (broad SMARTS) is 1. The van der Waals surface area contributed by atoms with Gasteiger partial charge >= 0.3 is 5.97 Å². The zero-order chi connectivity index (χ0) is 14.9. The molecule has 0 bridgehead atoms. The Morgan fingerprint density at radius 2 is 1.58 bits per heavy atom. The number of rotatable bonds is 3. The fourth-order valence-electron chi connectivity index (χ4n) is 2.12. The normalized spacial score (nSPS) is 12.1. The Kier molecular flexibility index (Phi) is 4.32. The third-order valence-electron chi connectivity index (χ3n) is 3.52. The minimum Gasteiger partial charge on any atom is -0.480 e. The Morgan fingerprint density at radius 3 is 1.95 bits per heavy atom. The van der Waals surface area contributed by atoms with E-state index in [2.05, 4.69) is 0 Å². The molecule has 0 spiro atoms. The summed E-state index contributed by atoms with van der Waals surface area (Å²) in [6.45, 7) is 7.74. The highest BCUT2D eigenvalue weighted by atomic mass is 16.4. The van der Waals surface area contributed by atoms with Crippen LogP contribution in [0.1, 0.15) is 22.3 Å². The smallest absolute Gasteiger partial charge is 0.330 e. The number of nitrogens with zero attached hydrogens (tertiary/aromatic N) is 1. The standard InChI is InChI=1S/C14H20N2O3/c1-7-6-8(2)10(4)12(9(7)3)16(5)13(17)11(15)14(18)19/h6,11H,15H2,1-5H3,(H,18,19). The van der Waals surface area contributed by atoms with Crippen LogP contribution in [0, 0.1) is 27.7 Å². The lowest BCUT2D eigenvalue weighted by atomic mass is 9.97. The SMILES string of the molecule is Cc1cc(C)c(C)c(N(C)C(=O)C(N)C(=O)O)c1C. The fourth-order valence-corrected chi connectivity index (χ4v) is 2.12. The maximum absolute atomic E-state index is 12.0. The Bertz CT molecular complexity index is 512. The molecule has 0 saturated carbocycles. The van der Waals surface area contributed by atoms with Gasteiger partial charge < -0.3 is 15.7 Å². The number of carbonyl (C=O) groups is 2. The molecule has 5 heteroatoms. The number of aliphatic carboxylic acids is 1. The average molecular weight is 264 g/mol. The van der Waals surface area contributed by atoms with Crippen LogP contribution >= 0.6 is 0 Å². The van der Waals surface area contributed by atoms with Gasteiger partial charge in [-0.2, -0.15) is 0 Å². The van der Waals surface area contributed by atoms with Crippen molar-refractivity contribution in [2.75, 3.05) is 11.9 Å². The van der Waals surface area contributed by atoms with Gasteiger partial charge in [-0.15, -0.1) is 0 Å². The number of amides is 1. The topological polar surface area (TPSA) is 83.6 Å². The van der Waals surface area contributed by atoms with Crippen LogP contribution in [0.2, 0.25) is 0 Å². The molecule has 1 aromatic rings. The number of hydrogen-bond acceptors (Lipinski definition) is 3. The maximum atomic E-state index is 12.0. The summed E-state index contributed by atoms with van der Waals surface area (Å²) >= 11 is 0. The molecule has 1 unspecified atom stereocenters. The number of benzene rings is 1. The maximum Gasteiger partial charge on any atom is 0.330 e. The molecular formula is C14H20N2O3. The summed E-state index contributed by atoms with van der Waals surface area (Å²) in [7, 11) is 1.55. The minimum absolute atomic E-state index is 0.622. The first-order valence-corrected chi connectivity index (χ1v) is 6.01. The second kappa shape index (κ2) is 5.40. The molecule has 1 amide bonds. The average Bonchev–Trinajstić information content (AvgIpc) is 2.34. The van der Waals surface area contributed by atoms with Crippen molar-refractivity contribution in [1.29, 1.82) is 0 Å². The van der Waals surface area contributed by atoms with Crippen molar-refractivity contribution < 1.29 is 14.7 Å². The van der Waals surface area contributed by atoms with Crippen LogP contribution < -0.4 is 10.6 Å². The third-order valence-corrected chi connectivity index (χ3v) is 3.52. The Labute approximate surface area is 113 Å². The Balaban J connectivity index is 3.31. The van der Waals surface area contributed by atoms with Crippen molar-refractivity contribution in [2.24, 2.45) is 5.73 Å². The van der Waals surface area contributed by atoms with E-state index in [4.69, 9.17) is 10.8 Å². The molecule has 0 aliphatic rings. The first-order chi connectivity index (χ1) is 8.68. The molecule has 19 heavy (non-hydrogen) atoms. The monoisotopic (exact) mass is 264 g/mol. The molecule has 0 saturated heterocycles. The Morgan fingerprint density at radius 1 is 1.16 bits per heavy atom. The number of anilines is 1. The second-order valence-electron chi connectivity index (χ2n) is 4.82. The molecular weight excluding hydrogens is 244 g/mol. The van der Waals surface area contributed by atoms with Gasteiger partial charge in [-0.05, 0) is 49.9 Å². The van der Waals surface area contributed by atoms with Crippen molar-refractivity contribution in [3.63, 3.8) is 0 Å². The van der Waals surface area contributed by atoms with Crippen molar-refractivity contribution in [1.82, 2.24) is 0 Å². The summed E-state index contributed by atoms with van der Waals surface area (Å²) in [4.78, 5) is 24.2. The summed E-state index contributed by atoms with van der Waals surface area (Å²) in [6.07, 6.45) is 0. The summed E-state index contributed by atoms with van der Waals surface area (Å²) < 4.78 is 0. The molecule has 0 aromatic heterocycles. The van der Waals surface area contributed by atoms with E-state index < -0.39 is 17.9 Å². The number of carboxylic acids is 1.